The number of hydrogen-bond donors (Lipinski definition) is 2. The summed E-state index contributed by atoms with van der Waals surface area (Å²) >= 11 is 6.49. The Kier molecular flexibility index (Phi) is 4.90. The highest BCUT2D eigenvalue weighted by Crippen LogP contribution is 2.34. The van der Waals surface area contributed by atoms with Gasteiger partial charge in [0.1, 0.15) is 0 Å². The van der Waals surface area contributed by atoms with Crippen LogP contribution in [-0.2, 0) is 0 Å². The van der Waals surface area contributed by atoms with Crippen LogP contribution in [0.15, 0.2) is 79.3 Å². The van der Waals surface area contributed by atoms with E-state index < -0.39 is 0 Å². The van der Waals surface area contributed by atoms with Crippen LogP contribution in [0.4, 0.5) is 0 Å². The van der Waals surface area contributed by atoms with Crippen molar-refractivity contribution in [3.8, 4) is 0 Å². The van der Waals surface area contributed by atoms with Crippen molar-refractivity contribution in [2.24, 2.45) is 0 Å². The molecule has 0 spiro atoms. The monoisotopic (exact) mass is 375 g/mol. The first kappa shape index (κ1) is 17.3. The SMILES string of the molecule is O=C(NCC(c1ccccc1Cl)c1c[nH]c2ccccc12)c1cccnc1. The van der Waals surface area contributed by atoms with Crippen LogP contribution in [0.3, 0.4) is 0 Å². The summed E-state index contributed by atoms with van der Waals surface area (Å²) in [6.45, 7) is 0.430. The predicted molar refractivity (Wildman–Crippen MR) is 108 cm³/mol. The lowest BCUT2D eigenvalue weighted by molar-refractivity contribution is 0.0952. The minimum absolute atomic E-state index is 0.0736. The van der Waals surface area contributed by atoms with E-state index in [9.17, 15) is 4.79 Å². The molecule has 0 aliphatic rings. The molecule has 0 bridgehead atoms. The van der Waals surface area contributed by atoms with Crippen LogP contribution in [0.1, 0.15) is 27.4 Å². The van der Waals surface area contributed by atoms with Crippen LogP contribution in [0, 0.1) is 0 Å². The van der Waals surface area contributed by atoms with Crippen molar-refractivity contribution in [1.29, 1.82) is 0 Å². The molecule has 0 aliphatic carbocycles. The molecule has 5 heteroatoms. The lowest BCUT2D eigenvalue weighted by Gasteiger charge is -2.19. The molecular weight excluding hydrogens is 358 g/mol. The summed E-state index contributed by atoms with van der Waals surface area (Å²) in [6, 6.07) is 19.4. The van der Waals surface area contributed by atoms with Crippen molar-refractivity contribution in [2.45, 2.75) is 5.92 Å². The van der Waals surface area contributed by atoms with Gasteiger partial charge in [0.15, 0.2) is 0 Å². The van der Waals surface area contributed by atoms with Crippen LogP contribution >= 0.6 is 11.6 Å². The summed E-state index contributed by atoms with van der Waals surface area (Å²) in [6.07, 6.45) is 5.20. The highest BCUT2D eigenvalue weighted by Gasteiger charge is 2.21. The summed E-state index contributed by atoms with van der Waals surface area (Å²) in [5, 5.41) is 4.83. The average molecular weight is 376 g/mol. The Labute approximate surface area is 162 Å². The summed E-state index contributed by atoms with van der Waals surface area (Å²) in [5.74, 6) is -0.226. The maximum atomic E-state index is 12.5. The van der Waals surface area contributed by atoms with Gasteiger partial charge in [-0.2, -0.15) is 0 Å². The number of aromatic amines is 1. The Morgan fingerprint density at radius 2 is 1.85 bits per heavy atom. The zero-order chi connectivity index (χ0) is 18.6. The van der Waals surface area contributed by atoms with Crippen molar-refractivity contribution in [1.82, 2.24) is 15.3 Å². The fraction of sp³-hybridized carbons (Fsp3) is 0.0909. The van der Waals surface area contributed by atoms with E-state index in [1.807, 2.05) is 48.7 Å². The molecule has 2 aromatic heterocycles. The maximum absolute atomic E-state index is 12.5. The molecule has 2 aromatic carbocycles. The van der Waals surface area contributed by atoms with Gasteiger partial charge in [0.05, 0.1) is 5.56 Å². The lowest BCUT2D eigenvalue weighted by Crippen LogP contribution is -2.29. The summed E-state index contributed by atoms with van der Waals surface area (Å²) in [5.41, 5.74) is 3.68. The molecule has 0 aliphatic heterocycles. The molecule has 2 heterocycles. The van der Waals surface area contributed by atoms with Crippen molar-refractivity contribution in [2.75, 3.05) is 6.54 Å². The number of halogens is 1. The maximum Gasteiger partial charge on any atom is 0.252 e. The van der Waals surface area contributed by atoms with E-state index in [1.165, 1.54) is 0 Å². The zero-order valence-electron chi connectivity index (χ0n) is 14.5. The van der Waals surface area contributed by atoms with E-state index in [0.29, 0.717) is 17.1 Å². The van der Waals surface area contributed by atoms with Gasteiger partial charge in [0.25, 0.3) is 5.91 Å². The fourth-order valence-corrected chi connectivity index (χ4v) is 3.59. The second-order valence-corrected chi connectivity index (χ2v) is 6.72. The summed E-state index contributed by atoms with van der Waals surface area (Å²) < 4.78 is 0. The van der Waals surface area contributed by atoms with Gasteiger partial charge < -0.3 is 10.3 Å². The Balaban J connectivity index is 1.69. The highest BCUT2D eigenvalue weighted by atomic mass is 35.5. The number of nitrogens with one attached hydrogen (secondary N) is 2. The molecular formula is C22H18ClN3O. The van der Waals surface area contributed by atoms with Crippen LogP contribution in [0.5, 0.6) is 0 Å². The van der Waals surface area contributed by atoms with Crippen LogP contribution in [-0.4, -0.2) is 22.4 Å². The Morgan fingerprint density at radius 3 is 2.67 bits per heavy atom. The first-order chi connectivity index (χ1) is 13.2. The van der Waals surface area contributed by atoms with Gasteiger partial charge in [-0.3, -0.25) is 9.78 Å². The third-order valence-electron chi connectivity index (χ3n) is 4.67. The number of hydrogen-bond acceptors (Lipinski definition) is 2. The Hall–Kier alpha value is -3.11. The number of benzene rings is 2. The van der Waals surface area contributed by atoms with Crippen LogP contribution in [0.2, 0.25) is 5.02 Å². The van der Waals surface area contributed by atoms with E-state index >= 15 is 0 Å². The molecule has 134 valence electrons. The summed E-state index contributed by atoms with van der Waals surface area (Å²) in [7, 11) is 0. The van der Waals surface area contributed by atoms with Gasteiger partial charge >= 0.3 is 0 Å². The van der Waals surface area contributed by atoms with Crippen molar-refractivity contribution in [3.63, 3.8) is 0 Å². The molecule has 0 saturated carbocycles. The largest absolute Gasteiger partial charge is 0.361 e. The Bertz CT molecular complexity index is 1080. The van der Waals surface area contributed by atoms with Crippen molar-refractivity contribution < 1.29 is 4.79 Å². The van der Waals surface area contributed by atoms with Gasteiger partial charge in [-0.25, -0.2) is 0 Å². The quantitative estimate of drug-likeness (QED) is 0.527. The topological polar surface area (TPSA) is 57.8 Å². The highest BCUT2D eigenvalue weighted by molar-refractivity contribution is 6.31. The molecule has 4 aromatic rings. The number of carbonyl (C=O) groups is 1. The molecule has 0 radical (unpaired) electrons. The smallest absolute Gasteiger partial charge is 0.252 e. The number of H-pyrrole nitrogens is 1. The number of pyridine rings is 1. The van der Waals surface area contributed by atoms with Crippen molar-refractivity contribution in [3.05, 3.63) is 101 Å². The van der Waals surface area contributed by atoms with Gasteiger partial charge in [0, 0.05) is 47.0 Å². The average Bonchev–Trinajstić information content (AvgIpc) is 3.14. The predicted octanol–water partition coefficient (Wildman–Crippen LogP) is 4.78. The fourth-order valence-electron chi connectivity index (χ4n) is 3.32. The normalized spacial score (nSPS) is 12.0. The molecule has 27 heavy (non-hydrogen) atoms. The number of para-hydroxylation sites is 1. The number of amides is 1. The Morgan fingerprint density at radius 1 is 1.04 bits per heavy atom. The first-order valence-electron chi connectivity index (χ1n) is 8.72. The van der Waals surface area contributed by atoms with E-state index in [1.54, 1.807) is 24.5 Å². The molecule has 4 nitrogen and oxygen atoms in total. The first-order valence-corrected chi connectivity index (χ1v) is 9.10. The van der Waals surface area contributed by atoms with E-state index in [4.69, 9.17) is 11.6 Å². The van der Waals surface area contributed by atoms with Crippen molar-refractivity contribution >= 4 is 28.4 Å². The molecule has 2 N–H and O–H groups in total. The van der Waals surface area contributed by atoms with Gasteiger partial charge in [-0.1, -0.05) is 48.0 Å². The van der Waals surface area contributed by atoms with Gasteiger partial charge in [-0.05, 0) is 35.4 Å². The van der Waals surface area contributed by atoms with Crippen LogP contribution in [0.25, 0.3) is 10.9 Å². The molecule has 1 atom stereocenters. The van der Waals surface area contributed by atoms with E-state index in [2.05, 4.69) is 21.4 Å². The molecule has 1 amide bonds. The number of nitrogens with zero attached hydrogens (tertiary/aromatic N) is 1. The standard InChI is InChI=1S/C22H18ClN3O/c23-20-9-3-1-7-16(20)18(14-26-22(27)15-6-5-11-24-12-15)19-13-25-21-10-4-2-8-17(19)21/h1-13,18,25H,14H2,(H,26,27). The second kappa shape index (κ2) is 7.64. The third-order valence-corrected chi connectivity index (χ3v) is 5.01. The summed E-state index contributed by atoms with van der Waals surface area (Å²) in [4.78, 5) is 19.8. The second-order valence-electron chi connectivity index (χ2n) is 6.32. The lowest BCUT2D eigenvalue weighted by atomic mass is 9.90. The number of carbonyl (C=O) groups excluding carboxylic acids is 1. The minimum atomic E-state index is -0.153. The zero-order valence-corrected chi connectivity index (χ0v) is 15.3. The number of fused-ring (bicyclic) bond motifs is 1. The van der Waals surface area contributed by atoms with Gasteiger partial charge in [-0.15, -0.1) is 0 Å². The van der Waals surface area contributed by atoms with E-state index in [-0.39, 0.29) is 11.8 Å². The van der Waals surface area contributed by atoms with Crippen LogP contribution < -0.4 is 5.32 Å². The molecule has 0 fully saturated rings. The molecule has 0 saturated heterocycles. The molecule has 1 unspecified atom stereocenters. The third kappa shape index (κ3) is 3.57. The van der Waals surface area contributed by atoms with Gasteiger partial charge in [0.2, 0.25) is 0 Å². The van der Waals surface area contributed by atoms with E-state index in [0.717, 1.165) is 22.0 Å². The molecule has 4 rings (SSSR count). The minimum Gasteiger partial charge on any atom is -0.361 e. The number of rotatable bonds is 5. The number of aromatic nitrogens is 2.